The van der Waals surface area contributed by atoms with Crippen LogP contribution in [0.15, 0.2) is 41.8 Å². The Bertz CT molecular complexity index is 480. The molecule has 16 heavy (non-hydrogen) atoms. The van der Waals surface area contributed by atoms with Gasteiger partial charge in [-0.3, -0.25) is 4.79 Å². The molecule has 0 radical (unpaired) electrons. The molecular formula is C12H12N2OS. The van der Waals surface area contributed by atoms with Gasteiger partial charge in [0.25, 0.3) is 0 Å². The molecule has 2 aromatic rings. The number of rotatable bonds is 4. The van der Waals surface area contributed by atoms with Crippen molar-refractivity contribution in [2.75, 3.05) is 5.75 Å². The molecule has 2 rings (SSSR count). The number of thioether (sulfide) groups is 1. The molecule has 0 saturated carbocycles. The number of hydrogen-bond donors (Lipinski definition) is 1. The van der Waals surface area contributed by atoms with E-state index in [0.29, 0.717) is 5.75 Å². The topological polar surface area (TPSA) is 45.8 Å². The first-order valence-corrected chi connectivity index (χ1v) is 5.96. The highest BCUT2D eigenvalue weighted by Gasteiger charge is 2.07. The third kappa shape index (κ3) is 2.73. The molecule has 0 aliphatic rings. The number of imidazole rings is 1. The predicted octanol–water partition coefficient (Wildman–Crippen LogP) is 2.69. The number of carbonyl (C=O) groups is 1. The summed E-state index contributed by atoms with van der Waals surface area (Å²) in [5.41, 5.74) is 1.87. The molecule has 1 aromatic heterocycles. The number of benzene rings is 1. The van der Waals surface area contributed by atoms with E-state index in [-0.39, 0.29) is 5.78 Å². The van der Waals surface area contributed by atoms with Crippen molar-refractivity contribution in [3.63, 3.8) is 0 Å². The first-order chi connectivity index (χ1) is 7.75. The minimum atomic E-state index is 0.130. The van der Waals surface area contributed by atoms with Gasteiger partial charge in [-0.25, -0.2) is 4.98 Å². The Morgan fingerprint density at radius 2 is 2.38 bits per heavy atom. The normalized spacial score (nSPS) is 10.3. The average Bonchev–Trinajstić information content (AvgIpc) is 2.78. The van der Waals surface area contributed by atoms with E-state index in [9.17, 15) is 4.79 Å². The van der Waals surface area contributed by atoms with Crippen molar-refractivity contribution in [1.82, 2.24) is 9.97 Å². The Kier molecular flexibility index (Phi) is 3.41. The van der Waals surface area contributed by atoms with Crippen LogP contribution in [0.5, 0.6) is 0 Å². The van der Waals surface area contributed by atoms with Gasteiger partial charge in [0, 0.05) is 18.0 Å². The fourth-order valence-electron chi connectivity index (χ4n) is 1.37. The zero-order valence-corrected chi connectivity index (χ0v) is 9.75. The molecule has 0 unspecified atom stereocenters. The molecule has 0 aliphatic carbocycles. The van der Waals surface area contributed by atoms with E-state index in [2.05, 4.69) is 9.97 Å². The smallest absolute Gasteiger partial charge is 0.173 e. The lowest BCUT2D eigenvalue weighted by Gasteiger charge is -2.00. The maximum atomic E-state index is 11.8. The van der Waals surface area contributed by atoms with E-state index >= 15 is 0 Å². The SMILES string of the molecule is Cc1cccc(C(=O)CSc2ncc[nH]2)c1. The number of aromatic nitrogens is 2. The first kappa shape index (κ1) is 11.0. The van der Waals surface area contributed by atoms with Crippen molar-refractivity contribution in [3.8, 4) is 0 Å². The fourth-order valence-corrected chi connectivity index (χ4v) is 2.09. The largest absolute Gasteiger partial charge is 0.340 e. The van der Waals surface area contributed by atoms with Crippen molar-refractivity contribution in [3.05, 3.63) is 47.8 Å². The zero-order chi connectivity index (χ0) is 11.4. The van der Waals surface area contributed by atoms with E-state index < -0.39 is 0 Å². The van der Waals surface area contributed by atoms with Crippen LogP contribution in [0.2, 0.25) is 0 Å². The van der Waals surface area contributed by atoms with Crippen LogP contribution in [0.4, 0.5) is 0 Å². The fraction of sp³-hybridized carbons (Fsp3) is 0.167. The van der Waals surface area contributed by atoms with Gasteiger partial charge in [0.1, 0.15) is 0 Å². The Hall–Kier alpha value is -1.55. The molecular weight excluding hydrogens is 220 g/mol. The van der Waals surface area contributed by atoms with Crippen molar-refractivity contribution < 1.29 is 4.79 Å². The van der Waals surface area contributed by atoms with Crippen LogP contribution < -0.4 is 0 Å². The van der Waals surface area contributed by atoms with Crippen molar-refractivity contribution in [1.29, 1.82) is 0 Å². The highest BCUT2D eigenvalue weighted by molar-refractivity contribution is 7.99. The first-order valence-electron chi connectivity index (χ1n) is 4.98. The lowest BCUT2D eigenvalue weighted by molar-refractivity contribution is 0.102. The maximum Gasteiger partial charge on any atom is 0.173 e. The van der Waals surface area contributed by atoms with Gasteiger partial charge in [0.2, 0.25) is 0 Å². The maximum absolute atomic E-state index is 11.8. The summed E-state index contributed by atoms with van der Waals surface area (Å²) >= 11 is 1.42. The van der Waals surface area contributed by atoms with Crippen LogP contribution in [0.1, 0.15) is 15.9 Å². The second-order valence-electron chi connectivity index (χ2n) is 3.48. The van der Waals surface area contributed by atoms with Crippen LogP contribution in [-0.2, 0) is 0 Å². The van der Waals surface area contributed by atoms with Gasteiger partial charge in [-0.2, -0.15) is 0 Å². The van der Waals surface area contributed by atoms with Crippen molar-refractivity contribution in [2.24, 2.45) is 0 Å². The number of aromatic amines is 1. The average molecular weight is 232 g/mol. The van der Waals surface area contributed by atoms with Gasteiger partial charge in [-0.15, -0.1) is 0 Å². The minimum absolute atomic E-state index is 0.130. The molecule has 0 atom stereocenters. The summed E-state index contributed by atoms with van der Waals surface area (Å²) in [6.45, 7) is 1.98. The van der Waals surface area contributed by atoms with Gasteiger partial charge < -0.3 is 4.98 Å². The van der Waals surface area contributed by atoms with Gasteiger partial charge >= 0.3 is 0 Å². The second kappa shape index (κ2) is 4.99. The molecule has 0 aliphatic heterocycles. The van der Waals surface area contributed by atoms with Crippen molar-refractivity contribution >= 4 is 17.5 Å². The lowest BCUT2D eigenvalue weighted by atomic mass is 10.1. The minimum Gasteiger partial charge on any atom is -0.340 e. The lowest BCUT2D eigenvalue weighted by Crippen LogP contribution is -2.02. The number of ketones is 1. The summed E-state index contributed by atoms with van der Waals surface area (Å²) in [5, 5.41) is 0.779. The molecule has 0 spiro atoms. The molecule has 0 bridgehead atoms. The van der Waals surface area contributed by atoms with Gasteiger partial charge in [-0.1, -0.05) is 35.5 Å². The number of nitrogens with one attached hydrogen (secondary N) is 1. The Morgan fingerprint density at radius 1 is 1.50 bits per heavy atom. The van der Waals surface area contributed by atoms with E-state index in [4.69, 9.17) is 0 Å². The van der Waals surface area contributed by atoms with Gasteiger partial charge in [0.05, 0.1) is 5.75 Å². The quantitative estimate of drug-likeness (QED) is 0.651. The number of carbonyl (C=O) groups excluding carboxylic acids is 1. The number of Topliss-reactive ketones (excluding diaryl/α,β-unsaturated/α-hetero) is 1. The van der Waals surface area contributed by atoms with Crippen LogP contribution in [-0.4, -0.2) is 21.5 Å². The number of aryl methyl sites for hydroxylation is 1. The van der Waals surface area contributed by atoms with E-state index in [1.165, 1.54) is 11.8 Å². The molecule has 4 heteroatoms. The second-order valence-corrected chi connectivity index (χ2v) is 4.44. The molecule has 0 amide bonds. The number of nitrogens with zero attached hydrogens (tertiary/aromatic N) is 1. The van der Waals surface area contributed by atoms with Crippen LogP contribution in [0.25, 0.3) is 0 Å². The standard InChI is InChI=1S/C12H12N2OS/c1-9-3-2-4-10(7-9)11(15)8-16-12-13-5-6-14-12/h2-7H,8H2,1H3,(H,13,14). The Morgan fingerprint density at radius 3 is 3.06 bits per heavy atom. The van der Waals surface area contributed by atoms with E-state index in [1.54, 1.807) is 12.4 Å². The number of hydrogen-bond acceptors (Lipinski definition) is 3. The molecule has 82 valence electrons. The zero-order valence-electron chi connectivity index (χ0n) is 8.93. The van der Waals surface area contributed by atoms with Gasteiger partial charge in [-0.05, 0) is 13.0 Å². The summed E-state index contributed by atoms with van der Waals surface area (Å²) in [6, 6.07) is 7.64. The van der Waals surface area contributed by atoms with E-state index in [0.717, 1.165) is 16.3 Å². The van der Waals surface area contributed by atoms with Crippen LogP contribution in [0, 0.1) is 6.92 Å². The summed E-state index contributed by atoms with van der Waals surface area (Å²) < 4.78 is 0. The number of H-pyrrole nitrogens is 1. The molecule has 3 nitrogen and oxygen atoms in total. The molecule has 1 N–H and O–H groups in total. The Balaban J connectivity index is 1.98. The van der Waals surface area contributed by atoms with Crippen LogP contribution >= 0.6 is 11.8 Å². The Labute approximate surface area is 98.3 Å². The van der Waals surface area contributed by atoms with Gasteiger partial charge in [0.15, 0.2) is 10.9 Å². The molecule has 0 fully saturated rings. The van der Waals surface area contributed by atoms with Crippen molar-refractivity contribution in [2.45, 2.75) is 12.1 Å². The molecule has 0 saturated heterocycles. The highest BCUT2D eigenvalue weighted by Crippen LogP contribution is 2.14. The monoisotopic (exact) mass is 232 g/mol. The summed E-state index contributed by atoms with van der Waals surface area (Å²) in [6.07, 6.45) is 3.43. The molecule has 1 heterocycles. The summed E-state index contributed by atoms with van der Waals surface area (Å²) in [4.78, 5) is 18.8. The third-order valence-electron chi connectivity index (χ3n) is 2.15. The predicted molar refractivity (Wildman–Crippen MR) is 64.8 cm³/mol. The summed E-state index contributed by atoms with van der Waals surface area (Å²) in [7, 11) is 0. The third-order valence-corrected chi connectivity index (χ3v) is 3.06. The molecule has 1 aromatic carbocycles. The van der Waals surface area contributed by atoms with Crippen LogP contribution in [0.3, 0.4) is 0 Å². The summed E-state index contributed by atoms with van der Waals surface area (Å²) in [5.74, 6) is 0.543. The van der Waals surface area contributed by atoms with E-state index in [1.807, 2.05) is 31.2 Å². The highest BCUT2D eigenvalue weighted by atomic mass is 32.2.